The average Bonchev–Trinajstić information content (AvgIpc) is 2.95. The lowest BCUT2D eigenvalue weighted by molar-refractivity contribution is -0.117. The average molecular weight is 278 g/mol. The summed E-state index contributed by atoms with van der Waals surface area (Å²) in [7, 11) is 0. The number of nitrogens with one attached hydrogen (secondary N) is 1. The highest BCUT2D eigenvalue weighted by molar-refractivity contribution is 6.30. The third-order valence-corrected chi connectivity index (χ3v) is 5.03. The Balaban J connectivity index is 1.59. The molecule has 3 heteroatoms. The summed E-state index contributed by atoms with van der Waals surface area (Å²) in [4.78, 5) is 12.1. The van der Waals surface area contributed by atoms with Crippen LogP contribution in [0.15, 0.2) is 18.2 Å². The summed E-state index contributed by atoms with van der Waals surface area (Å²) in [6, 6.07) is 5.59. The van der Waals surface area contributed by atoms with Gasteiger partial charge < -0.3 is 5.32 Å². The molecule has 0 aliphatic heterocycles. The Bertz CT molecular complexity index is 500. The van der Waals surface area contributed by atoms with Gasteiger partial charge in [0.1, 0.15) is 0 Å². The van der Waals surface area contributed by atoms with Crippen molar-refractivity contribution in [2.24, 2.45) is 17.8 Å². The van der Waals surface area contributed by atoms with Gasteiger partial charge >= 0.3 is 0 Å². The number of hydrogen-bond acceptors (Lipinski definition) is 1. The maximum atomic E-state index is 12.1. The van der Waals surface area contributed by atoms with Crippen molar-refractivity contribution >= 4 is 23.2 Å². The van der Waals surface area contributed by atoms with Gasteiger partial charge in [-0.1, -0.05) is 18.0 Å². The Morgan fingerprint density at radius 3 is 2.84 bits per heavy atom. The van der Waals surface area contributed by atoms with Gasteiger partial charge in [0.15, 0.2) is 0 Å². The number of carbonyl (C=O) groups excluding carboxylic acids is 1. The van der Waals surface area contributed by atoms with E-state index in [0.717, 1.165) is 23.1 Å². The number of amides is 1. The van der Waals surface area contributed by atoms with Gasteiger partial charge in [0.25, 0.3) is 0 Å². The summed E-state index contributed by atoms with van der Waals surface area (Å²) in [6.45, 7) is 1.97. The van der Waals surface area contributed by atoms with Crippen molar-refractivity contribution in [1.29, 1.82) is 0 Å². The van der Waals surface area contributed by atoms with Gasteiger partial charge in [-0.3, -0.25) is 4.79 Å². The molecule has 2 aliphatic rings. The maximum Gasteiger partial charge on any atom is 0.224 e. The third kappa shape index (κ3) is 2.79. The van der Waals surface area contributed by atoms with Gasteiger partial charge in [0, 0.05) is 17.1 Å². The number of rotatable bonds is 3. The van der Waals surface area contributed by atoms with E-state index < -0.39 is 0 Å². The van der Waals surface area contributed by atoms with Crippen LogP contribution in [0.2, 0.25) is 5.02 Å². The van der Waals surface area contributed by atoms with Crippen molar-refractivity contribution in [2.75, 3.05) is 5.32 Å². The molecular weight excluding hydrogens is 258 g/mol. The summed E-state index contributed by atoms with van der Waals surface area (Å²) >= 11 is 5.92. The van der Waals surface area contributed by atoms with Gasteiger partial charge in [-0.05, 0) is 67.7 Å². The van der Waals surface area contributed by atoms with E-state index in [1.165, 1.54) is 25.7 Å². The SMILES string of the molecule is Cc1cc(Cl)ccc1NC(=O)C[C@@H]1C[C@@H]2CC[C@@H]1C2. The molecule has 2 bridgehead atoms. The number of fused-ring (bicyclic) bond motifs is 2. The van der Waals surface area contributed by atoms with E-state index in [9.17, 15) is 4.79 Å². The molecule has 0 heterocycles. The van der Waals surface area contributed by atoms with E-state index in [2.05, 4.69) is 5.32 Å². The monoisotopic (exact) mass is 277 g/mol. The van der Waals surface area contributed by atoms with Crippen LogP contribution in [0, 0.1) is 24.7 Å². The molecule has 0 spiro atoms. The highest BCUT2D eigenvalue weighted by atomic mass is 35.5. The Kier molecular flexibility index (Phi) is 3.53. The molecule has 1 N–H and O–H groups in total. The largest absolute Gasteiger partial charge is 0.326 e. The van der Waals surface area contributed by atoms with Gasteiger partial charge in [-0.2, -0.15) is 0 Å². The molecule has 0 unspecified atom stereocenters. The van der Waals surface area contributed by atoms with Crippen LogP contribution < -0.4 is 5.32 Å². The van der Waals surface area contributed by atoms with E-state index in [1.807, 2.05) is 25.1 Å². The maximum absolute atomic E-state index is 12.1. The van der Waals surface area contributed by atoms with Crippen molar-refractivity contribution in [3.05, 3.63) is 28.8 Å². The van der Waals surface area contributed by atoms with Crippen LogP contribution in [-0.4, -0.2) is 5.91 Å². The van der Waals surface area contributed by atoms with E-state index in [-0.39, 0.29) is 5.91 Å². The summed E-state index contributed by atoms with van der Waals surface area (Å²) in [6.07, 6.45) is 6.03. The smallest absolute Gasteiger partial charge is 0.224 e. The minimum atomic E-state index is 0.156. The topological polar surface area (TPSA) is 29.1 Å². The van der Waals surface area contributed by atoms with E-state index in [4.69, 9.17) is 11.6 Å². The van der Waals surface area contributed by atoms with Gasteiger partial charge in [-0.15, -0.1) is 0 Å². The zero-order chi connectivity index (χ0) is 13.4. The number of hydrogen-bond donors (Lipinski definition) is 1. The van der Waals surface area contributed by atoms with Crippen LogP contribution in [0.3, 0.4) is 0 Å². The third-order valence-electron chi connectivity index (χ3n) is 4.79. The second-order valence-corrected chi connectivity index (χ2v) is 6.58. The molecule has 1 aromatic rings. The zero-order valence-corrected chi connectivity index (χ0v) is 12.0. The summed E-state index contributed by atoms with van der Waals surface area (Å²) in [5, 5.41) is 3.74. The van der Waals surface area contributed by atoms with Crippen molar-refractivity contribution in [2.45, 2.75) is 39.0 Å². The molecular formula is C16H20ClNO. The highest BCUT2D eigenvalue weighted by Crippen LogP contribution is 2.49. The van der Waals surface area contributed by atoms with Crippen molar-refractivity contribution in [1.82, 2.24) is 0 Å². The van der Waals surface area contributed by atoms with Crippen LogP contribution in [-0.2, 0) is 4.79 Å². The van der Waals surface area contributed by atoms with E-state index in [1.54, 1.807) is 0 Å². The first-order valence-electron chi connectivity index (χ1n) is 7.18. The highest BCUT2D eigenvalue weighted by Gasteiger charge is 2.40. The molecule has 2 aliphatic carbocycles. The van der Waals surface area contributed by atoms with Crippen LogP contribution in [0.4, 0.5) is 5.69 Å². The second-order valence-electron chi connectivity index (χ2n) is 6.15. The Labute approximate surface area is 119 Å². The summed E-state index contributed by atoms with van der Waals surface area (Å²) < 4.78 is 0. The molecule has 0 aromatic heterocycles. The molecule has 2 fully saturated rings. The number of halogens is 1. The number of carbonyl (C=O) groups is 1. The Morgan fingerprint density at radius 1 is 1.37 bits per heavy atom. The lowest BCUT2D eigenvalue weighted by Crippen LogP contribution is -2.20. The number of anilines is 1. The summed E-state index contributed by atoms with van der Waals surface area (Å²) in [5.74, 6) is 2.48. The Hall–Kier alpha value is -1.02. The molecule has 0 saturated heterocycles. The molecule has 102 valence electrons. The second kappa shape index (κ2) is 5.16. The van der Waals surface area contributed by atoms with Crippen LogP contribution >= 0.6 is 11.6 Å². The molecule has 19 heavy (non-hydrogen) atoms. The zero-order valence-electron chi connectivity index (χ0n) is 11.3. The normalized spacial score (nSPS) is 28.6. The molecule has 3 atom stereocenters. The number of aryl methyl sites for hydroxylation is 1. The van der Waals surface area contributed by atoms with Gasteiger partial charge in [0.05, 0.1) is 0 Å². The van der Waals surface area contributed by atoms with E-state index in [0.29, 0.717) is 17.4 Å². The lowest BCUT2D eigenvalue weighted by Gasteiger charge is -2.21. The molecule has 3 rings (SSSR count). The summed E-state index contributed by atoms with van der Waals surface area (Å²) in [5.41, 5.74) is 1.91. The van der Waals surface area contributed by atoms with Crippen LogP contribution in [0.25, 0.3) is 0 Å². The minimum absolute atomic E-state index is 0.156. The Morgan fingerprint density at radius 2 is 2.21 bits per heavy atom. The fraction of sp³-hybridized carbons (Fsp3) is 0.562. The van der Waals surface area contributed by atoms with Crippen molar-refractivity contribution < 1.29 is 4.79 Å². The number of benzene rings is 1. The molecule has 1 amide bonds. The predicted molar refractivity (Wildman–Crippen MR) is 78.4 cm³/mol. The van der Waals surface area contributed by atoms with Crippen LogP contribution in [0.1, 0.15) is 37.7 Å². The standard InChI is InChI=1S/C16H20ClNO/c1-10-6-14(17)4-5-15(10)18-16(19)9-13-8-11-2-3-12(13)7-11/h4-6,11-13H,2-3,7-9H2,1H3,(H,18,19)/t11-,12-,13+/m1/s1. The van der Waals surface area contributed by atoms with E-state index >= 15 is 0 Å². The first-order valence-corrected chi connectivity index (χ1v) is 7.55. The van der Waals surface area contributed by atoms with Crippen molar-refractivity contribution in [3.8, 4) is 0 Å². The predicted octanol–water partition coefficient (Wildman–Crippen LogP) is 4.41. The van der Waals surface area contributed by atoms with Gasteiger partial charge in [-0.25, -0.2) is 0 Å². The molecule has 0 radical (unpaired) electrons. The van der Waals surface area contributed by atoms with Crippen molar-refractivity contribution in [3.63, 3.8) is 0 Å². The first-order chi connectivity index (χ1) is 9.11. The first kappa shape index (κ1) is 13.0. The fourth-order valence-electron chi connectivity index (χ4n) is 3.83. The molecule has 2 saturated carbocycles. The lowest BCUT2D eigenvalue weighted by atomic mass is 9.86. The quantitative estimate of drug-likeness (QED) is 0.871. The molecule has 1 aromatic carbocycles. The van der Waals surface area contributed by atoms with Gasteiger partial charge in [0.2, 0.25) is 5.91 Å². The minimum Gasteiger partial charge on any atom is -0.326 e. The molecule has 2 nitrogen and oxygen atoms in total. The fourth-order valence-corrected chi connectivity index (χ4v) is 4.06. The van der Waals surface area contributed by atoms with Crippen LogP contribution in [0.5, 0.6) is 0 Å².